The maximum atomic E-state index is 12.0. The van der Waals surface area contributed by atoms with Crippen LogP contribution in [0, 0.1) is 10.8 Å². The number of hydrogen-bond acceptors (Lipinski definition) is 4. The molecule has 1 aromatic heterocycles. The maximum absolute atomic E-state index is 12.0. The fourth-order valence-corrected chi connectivity index (χ4v) is 2.21. The van der Waals surface area contributed by atoms with Crippen molar-refractivity contribution in [3.63, 3.8) is 0 Å². The Balaban J connectivity index is 2.39. The van der Waals surface area contributed by atoms with Crippen molar-refractivity contribution in [3.05, 3.63) is 41.4 Å². The highest BCUT2D eigenvalue weighted by atomic mass is 16.3. The highest BCUT2D eigenvalue weighted by Gasteiger charge is 2.35. The summed E-state index contributed by atoms with van der Waals surface area (Å²) in [6.45, 7) is 3.87. The van der Waals surface area contributed by atoms with Crippen molar-refractivity contribution >= 4 is 11.5 Å². The molecule has 4 nitrogen and oxygen atoms in total. The van der Waals surface area contributed by atoms with Crippen LogP contribution in [0.25, 0.3) is 0 Å². The van der Waals surface area contributed by atoms with Gasteiger partial charge in [0.1, 0.15) is 5.76 Å². The summed E-state index contributed by atoms with van der Waals surface area (Å²) >= 11 is 0. The number of allylic oxidation sites excluding steroid dienone is 2. The number of ketones is 1. The molecule has 2 N–H and O–H groups in total. The molecule has 4 heteroatoms. The van der Waals surface area contributed by atoms with Crippen molar-refractivity contribution < 1.29 is 9.90 Å². The second-order valence-electron chi connectivity index (χ2n) is 5.35. The number of aromatic nitrogens is 1. The molecule has 0 saturated heterocycles. The van der Waals surface area contributed by atoms with E-state index in [0.717, 1.165) is 0 Å². The van der Waals surface area contributed by atoms with Crippen molar-refractivity contribution in [2.45, 2.75) is 26.7 Å². The molecule has 94 valence electrons. The molecule has 0 radical (unpaired) electrons. The molecule has 0 atom stereocenters. The van der Waals surface area contributed by atoms with Crippen molar-refractivity contribution in [3.8, 4) is 0 Å². The number of aliphatic hydroxyl groups excluding tert-OH is 1. The second-order valence-corrected chi connectivity index (χ2v) is 5.35. The number of carbonyl (C=O) groups is 1. The molecule has 0 bridgehead atoms. The zero-order valence-corrected chi connectivity index (χ0v) is 10.5. The van der Waals surface area contributed by atoms with Crippen molar-refractivity contribution in [2.24, 2.45) is 5.41 Å². The summed E-state index contributed by atoms with van der Waals surface area (Å²) in [5, 5.41) is 18.0. The average Bonchev–Trinajstić information content (AvgIpc) is 2.27. The van der Waals surface area contributed by atoms with Crippen LogP contribution < -0.4 is 0 Å². The summed E-state index contributed by atoms with van der Waals surface area (Å²) in [6, 6.07) is 5.16. The number of pyridine rings is 1. The summed E-state index contributed by atoms with van der Waals surface area (Å²) in [5.41, 5.74) is 0.295. The molecule has 0 fully saturated rings. The second kappa shape index (κ2) is 4.37. The lowest BCUT2D eigenvalue weighted by atomic mass is 9.75. The van der Waals surface area contributed by atoms with Crippen LogP contribution in [0.1, 0.15) is 32.4 Å². The van der Waals surface area contributed by atoms with Crippen LogP contribution >= 0.6 is 0 Å². The van der Waals surface area contributed by atoms with Crippen LogP contribution in [0.5, 0.6) is 0 Å². The lowest BCUT2D eigenvalue weighted by Gasteiger charge is -2.29. The normalized spacial score (nSPS) is 18.9. The lowest BCUT2D eigenvalue weighted by molar-refractivity contribution is -0.117. The molecule has 1 aromatic rings. The largest absolute Gasteiger partial charge is 0.511 e. The number of aliphatic hydroxyl groups is 1. The van der Waals surface area contributed by atoms with Crippen LogP contribution in [-0.4, -0.2) is 21.6 Å². The van der Waals surface area contributed by atoms with E-state index < -0.39 is 0 Å². The van der Waals surface area contributed by atoms with Gasteiger partial charge in [0.25, 0.3) is 0 Å². The van der Waals surface area contributed by atoms with Gasteiger partial charge in [0.15, 0.2) is 5.78 Å². The fraction of sp³-hybridized carbons (Fsp3) is 0.357. The zero-order valence-electron chi connectivity index (χ0n) is 10.5. The highest BCUT2D eigenvalue weighted by molar-refractivity contribution is 6.27. The quantitative estimate of drug-likeness (QED) is 0.785. The predicted molar refractivity (Wildman–Crippen MR) is 68.7 cm³/mol. The highest BCUT2D eigenvalue weighted by Crippen LogP contribution is 2.36. The Morgan fingerprint density at radius 1 is 1.39 bits per heavy atom. The number of hydrogen-bond donors (Lipinski definition) is 2. The van der Waals surface area contributed by atoms with Gasteiger partial charge in [-0.3, -0.25) is 15.2 Å². The van der Waals surface area contributed by atoms with E-state index in [4.69, 9.17) is 5.41 Å². The Labute approximate surface area is 106 Å². The molecule has 18 heavy (non-hydrogen) atoms. The van der Waals surface area contributed by atoms with E-state index in [1.165, 1.54) is 0 Å². The van der Waals surface area contributed by atoms with E-state index in [0.29, 0.717) is 18.5 Å². The Morgan fingerprint density at radius 3 is 2.67 bits per heavy atom. The Kier molecular flexibility index (Phi) is 3.03. The molecular weight excluding hydrogens is 228 g/mol. The number of carbonyl (C=O) groups excluding carboxylic acids is 1. The SMILES string of the molecule is CC1(C)CC(=O)C(C(=N)c2ccccn2)=C(O)C1. The van der Waals surface area contributed by atoms with E-state index in [9.17, 15) is 9.90 Å². The number of nitrogens with one attached hydrogen (secondary N) is 1. The van der Waals surface area contributed by atoms with E-state index in [-0.39, 0.29) is 28.2 Å². The van der Waals surface area contributed by atoms with Gasteiger partial charge in [0.05, 0.1) is 17.0 Å². The fourth-order valence-electron chi connectivity index (χ4n) is 2.21. The zero-order chi connectivity index (χ0) is 13.3. The van der Waals surface area contributed by atoms with Gasteiger partial charge in [0.2, 0.25) is 0 Å². The average molecular weight is 244 g/mol. The van der Waals surface area contributed by atoms with Gasteiger partial charge in [-0.05, 0) is 17.5 Å². The summed E-state index contributed by atoms with van der Waals surface area (Å²) in [4.78, 5) is 16.1. The summed E-state index contributed by atoms with van der Waals surface area (Å²) in [7, 11) is 0. The third-order valence-corrected chi connectivity index (χ3v) is 3.02. The first-order valence-electron chi connectivity index (χ1n) is 5.86. The molecular formula is C14H16N2O2. The number of Topliss-reactive ketones (excluding diaryl/α,β-unsaturated/α-hetero) is 1. The molecule has 0 saturated carbocycles. The van der Waals surface area contributed by atoms with E-state index >= 15 is 0 Å². The van der Waals surface area contributed by atoms with Gasteiger partial charge in [-0.25, -0.2) is 0 Å². The van der Waals surface area contributed by atoms with Gasteiger partial charge in [-0.15, -0.1) is 0 Å². The molecule has 1 heterocycles. The van der Waals surface area contributed by atoms with Gasteiger partial charge in [-0.2, -0.15) is 0 Å². The van der Waals surface area contributed by atoms with Gasteiger partial charge >= 0.3 is 0 Å². The smallest absolute Gasteiger partial charge is 0.169 e. The minimum Gasteiger partial charge on any atom is -0.511 e. The third kappa shape index (κ3) is 2.32. The first-order chi connectivity index (χ1) is 8.41. The van der Waals surface area contributed by atoms with E-state index in [2.05, 4.69) is 4.98 Å². The molecule has 0 aromatic carbocycles. The van der Waals surface area contributed by atoms with Crippen molar-refractivity contribution in [2.75, 3.05) is 0 Å². The van der Waals surface area contributed by atoms with Gasteiger partial charge < -0.3 is 5.11 Å². The first kappa shape index (κ1) is 12.5. The Hall–Kier alpha value is -1.97. The first-order valence-corrected chi connectivity index (χ1v) is 5.86. The molecule has 2 rings (SSSR count). The summed E-state index contributed by atoms with van der Waals surface area (Å²) in [5.74, 6) is -0.175. The van der Waals surface area contributed by atoms with Gasteiger partial charge in [-0.1, -0.05) is 19.9 Å². The van der Waals surface area contributed by atoms with Crippen LogP contribution in [0.15, 0.2) is 35.7 Å². The number of nitrogens with zero attached hydrogens (tertiary/aromatic N) is 1. The molecule has 0 unspecified atom stereocenters. The third-order valence-electron chi connectivity index (χ3n) is 3.02. The molecule has 0 spiro atoms. The molecule has 1 aliphatic rings. The molecule has 1 aliphatic carbocycles. The van der Waals surface area contributed by atoms with Crippen molar-refractivity contribution in [1.29, 1.82) is 5.41 Å². The minimum atomic E-state index is -0.241. The summed E-state index contributed by atoms with van der Waals surface area (Å²) < 4.78 is 0. The lowest BCUT2D eigenvalue weighted by Crippen LogP contribution is -2.29. The maximum Gasteiger partial charge on any atom is 0.169 e. The van der Waals surface area contributed by atoms with Gasteiger partial charge in [0, 0.05) is 19.0 Å². The standard InChI is InChI=1S/C14H16N2O2/c1-14(2)7-10(17)12(11(18)8-14)13(15)9-5-3-4-6-16-9/h3-6,15,17H,7-8H2,1-2H3. The van der Waals surface area contributed by atoms with Crippen molar-refractivity contribution in [1.82, 2.24) is 4.98 Å². The molecule has 0 aliphatic heterocycles. The van der Waals surface area contributed by atoms with Crippen LogP contribution in [-0.2, 0) is 4.79 Å². The minimum absolute atomic E-state index is 0.00639. The topological polar surface area (TPSA) is 74.0 Å². The van der Waals surface area contributed by atoms with E-state index in [1.807, 2.05) is 13.8 Å². The predicted octanol–water partition coefficient (Wildman–Crippen LogP) is 2.65. The van der Waals surface area contributed by atoms with Crippen LogP contribution in [0.2, 0.25) is 0 Å². The van der Waals surface area contributed by atoms with E-state index in [1.54, 1.807) is 24.4 Å². The van der Waals surface area contributed by atoms with Crippen LogP contribution in [0.3, 0.4) is 0 Å². The number of rotatable bonds is 2. The Morgan fingerprint density at radius 2 is 2.11 bits per heavy atom. The Bertz CT molecular complexity index is 530. The van der Waals surface area contributed by atoms with Crippen LogP contribution in [0.4, 0.5) is 0 Å². The molecule has 0 amide bonds. The monoisotopic (exact) mass is 244 g/mol. The summed E-state index contributed by atoms with van der Waals surface area (Å²) in [6.07, 6.45) is 2.34.